The van der Waals surface area contributed by atoms with E-state index >= 15 is 0 Å². The van der Waals surface area contributed by atoms with Gasteiger partial charge in [-0.15, -0.1) is 0 Å². The number of carbonyl (C=O) groups is 3. The molecule has 2 aliphatic heterocycles. The van der Waals surface area contributed by atoms with Crippen LogP contribution in [0.25, 0.3) is 33.6 Å². The maximum atomic E-state index is 13.5. The predicted molar refractivity (Wildman–Crippen MR) is 187 cm³/mol. The van der Waals surface area contributed by atoms with E-state index in [0.29, 0.717) is 74.8 Å². The van der Waals surface area contributed by atoms with E-state index in [2.05, 4.69) is 26.4 Å². The van der Waals surface area contributed by atoms with Crippen molar-refractivity contribution < 1.29 is 29.0 Å². The highest BCUT2D eigenvalue weighted by Gasteiger charge is 2.33. The Morgan fingerprint density at radius 3 is 2.62 bits per heavy atom. The molecule has 2 amide bonds. The first-order chi connectivity index (χ1) is 24.2. The molecule has 16 heteroatoms. The van der Waals surface area contributed by atoms with Crippen molar-refractivity contribution in [3.8, 4) is 39.5 Å². The summed E-state index contributed by atoms with van der Waals surface area (Å²) >= 11 is 14.1. The lowest BCUT2D eigenvalue weighted by molar-refractivity contribution is -0.136. The van der Waals surface area contributed by atoms with Gasteiger partial charge in [-0.3, -0.25) is 34.4 Å². The van der Waals surface area contributed by atoms with Crippen LogP contribution < -0.4 is 26.1 Å². The quantitative estimate of drug-likeness (QED) is 0.121. The molecule has 1 fully saturated rings. The number of aliphatic carboxylic acids is 1. The molecule has 0 radical (unpaired) electrons. The number of rotatable bonds is 14. The van der Waals surface area contributed by atoms with Crippen LogP contribution in [0.1, 0.15) is 28.9 Å². The molecule has 0 bridgehead atoms. The smallest absolute Gasteiger partial charge is 0.317 e. The molecule has 14 nitrogen and oxygen atoms in total. The van der Waals surface area contributed by atoms with E-state index in [9.17, 15) is 14.4 Å². The van der Waals surface area contributed by atoms with Crippen molar-refractivity contribution in [3.05, 3.63) is 76.2 Å². The number of carbonyl (C=O) groups excluding carboxylic acids is 2. The fraction of sp³-hybridized carbons (Fsp3) is 0.324. The SMILES string of the molecule is COc1nc(-c2cccc(-c3ccnc(-c4cc5n(c4)NC(OC)N(CCNCC(=O)O)C5=O)c3Cl)c2Cl)ccc1CNC[C@@H]1CCC(=O)N1. The number of aromatic nitrogens is 3. The van der Waals surface area contributed by atoms with Gasteiger partial charge < -0.3 is 30.5 Å². The lowest BCUT2D eigenvalue weighted by Crippen LogP contribution is -2.55. The number of methoxy groups -OCH3 is 2. The molecule has 5 N–H and O–H groups in total. The number of benzene rings is 1. The highest BCUT2D eigenvalue weighted by atomic mass is 35.5. The number of carboxylic acids is 1. The summed E-state index contributed by atoms with van der Waals surface area (Å²) in [6.07, 6.45) is 3.93. The largest absolute Gasteiger partial charge is 0.481 e. The first kappa shape index (κ1) is 35.1. The lowest BCUT2D eigenvalue weighted by Gasteiger charge is -2.36. The van der Waals surface area contributed by atoms with Crippen molar-refractivity contribution in [2.75, 3.05) is 45.8 Å². The van der Waals surface area contributed by atoms with Crippen molar-refractivity contribution >= 4 is 41.0 Å². The minimum Gasteiger partial charge on any atom is -0.481 e. The Balaban J connectivity index is 1.23. The highest BCUT2D eigenvalue weighted by Crippen LogP contribution is 2.42. The van der Waals surface area contributed by atoms with Gasteiger partial charge in [0.15, 0.2) is 0 Å². The molecule has 2 atom stereocenters. The van der Waals surface area contributed by atoms with Gasteiger partial charge in [-0.05, 0) is 24.6 Å². The van der Waals surface area contributed by atoms with Crippen LogP contribution in [0.15, 0.2) is 54.9 Å². The van der Waals surface area contributed by atoms with Gasteiger partial charge in [0.25, 0.3) is 5.91 Å². The number of hydrogen-bond acceptors (Lipinski definition) is 10. The maximum Gasteiger partial charge on any atom is 0.317 e. The van der Waals surface area contributed by atoms with Crippen LogP contribution in [0.5, 0.6) is 5.88 Å². The van der Waals surface area contributed by atoms with Crippen LogP contribution in [0, 0.1) is 0 Å². The number of hydrogen-bond donors (Lipinski definition) is 5. The minimum atomic E-state index is -0.988. The summed E-state index contributed by atoms with van der Waals surface area (Å²) in [5, 5.41) is 18.8. The first-order valence-electron chi connectivity index (χ1n) is 15.9. The van der Waals surface area contributed by atoms with E-state index in [1.54, 1.807) is 36.3 Å². The zero-order valence-electron chi connectivity index (χ0n) is 27.3. The van der Waals surface area contributed by atoms with Gasteiger partial charge in [-0.2, -0.15) is 0 Å². The zero-order chi connectivity index (χ0) is 35.4. The van der Waals surface area contributed by atoms with Crippen molar-refractivity contribution in [2.24, 2.45) is 0 Å². The Morgan fingerprint density at radius 1 is 1.08 bits per heavy atom. The van der Waals surface area contributed by atoms with E-state index in [1.807, 2.05) is 30.3 Å². The molecule has 1 aromatic carbocycles. The molecule has 1 unspecified atom stereocenters. The fourth-order valence-corrected chi connectivity index (χ4v) is 6.68. The Bertz CT molecular complexity index is 1920. The van der Waals surface area contributed by atoms with Crippen LogP contribution in [0.2, 0.25) is 10.0 Å². The maximum absolute atomic E-state index is 13.5. The van der Waals surface area contributed by atoms with E-state index in [0.717, 1.165) is 12.0 Å². The van der Waals surface area contributed by atoms with Crippen molar-refractivity contribution in [1.82, 2.24) is 35.5 Å². The third-order valence-corrected chi connectivity index (χ3v) is 9.30. The number of nitrogens with zero attached hydrogens (tertiary/aromatic N) is 4. The molecule has 262 valence electrons. The molecule has 3 aromatic heterocycles. The standard InChI is InChI=1S/C34H36Cl2N8O6/c1-49-32-19(15-38-16-21-7-9-27(45)40-21)6-8-25(41-32)24-5-3-4-22(29(24)35)23-10-11-39-31(30(23)36)20-14-26-33(48)43(13-12-37-17-28(46)47)34(50-2)42-44(26)18-20/h3-6,8,10-11,14,18,21,34,37-38,42H,7,9,12-13,15-17H2,1-2H3,(H,40,45)(H,46,47)/t21-,34?/m0/s1. The second kappa shape index (κ2) is 15.4. The molecule has 0 aliphatic carbocycles. The van der Waals surface area contributed by atoms with Crippen LogP contribution in [0.4, 0.5) is 0 Å². The number of halogens is 2. The van der Waals surface area contributed by atoms with E-state index in [-0.39, 0.29) is 37.5 Å². The van der Waals surface area contributed by atoms with Crippen molar-refractivity contribution in [1.29, 1.82) is 0 Å². The molecule has 6 rings (SSSR count). The number of carboxylic acid groups (broad SMARTS) is 1. The average Bonchev–Trinajstić information content (AvgIpc) is 3.73. The third kappa shape index (κ3) is 7.39. The van der Waals surface area contributed by atoms with Gasteiger partial charge in [-0.1, -0.05) is 47.5 Å². The second-order valence-electron chi connectivity index (χ2n) is 11.8. The Hall–Kier alpha value is -4.73. The van der Waals surface area contributed by atoms with E-state index in [1.165, 1.54) is 12.0 Å². The Morgan fingerprint density at radius 2 is 1.88 bits per heavy atom. The Labute approximate surface area is 298 Å². The summed E-state index contributed by atoms with van der Waals surface area (Å²) in [6.45, 7) is 1.42. The molecule has 0 spiro atoms. The minimum absolute atomic E-state index is 0.0794. The van der Waals surface area contributed by atoms with Gasteiger partial charge in [0, 0.05) is 86.0 Å². The number of nitrogens with one attached hydrogen (secondary N) is 4. The summed E-state index contributed by atoms with van der Waals surface area (Å²) in [4.78, 5) is 46.6. The summed E-state index contributed by atoms with van der Waals surface area (Å²) in [7, 11) is 3.04. The number of ether oxygens (including phenoxy) is 2. The summed E-state index contributed by atoms with van der Waals surface area (Å²) in [5.74, 6) is -0.759. The van der Waals surface area contributed by atoms with E-state index < -0.39 is 12.3 Å². The van der Waals surface area contributed by atoms with Crippen molar-refractivity contribution in [3.63, 3.8) is 0 Å². The van der Waals surface area contributed by atoms with Gasteiger partial charge >= 0.3 is 5.97 Å². The predicted octanol–water partition coefficient (Wildman–Crippen LogP) is 3.57. The Kier molecular flexibility index (Phi) is 10.8. The first-order valence-corrected chi connectivity index (χ1v) is 16.7. The molecule has 0 saturated carbocycles. The summed E-state index contributed by atoms with van der Waals surface area (Å²) < 4.78 is 12.7. The number of pyridine rings is 2. The summed E-state index contributed by atoms with van der Waals surface area (Å²) in [5.41, 5.74) is 7.97. The number of amides is 2. The normalized spacial score (nSPS) is 17.0. The average molecular weight is 724 g/mol. The number of fused-ring (bicyclic) bond motifs is 1. The molecule has 2 aliphatic rings. The van der Waals surface area contributed by atoms with Crippen LogP contribution in [-0.4, -0.2) is 95.2 Å². The van der Waals surface area contributed by atoms with Gasteiger partial charge in [0.05, 0.1) is 35.1 Å². The molecule has 4 aromatic rings. The monoisotopic (exact) mass is 722 g/mol. The molecular formula is C34H36Cl2N8O6. The van der Waals surface area contributed by atoms with Gasteiger partial charge in [-0.25, -0.2) is 4.98 Å². The van der Waals surface area contributed by atoms with Crippen LogP contribution in [-0.2, 0) is 20.9 Å². The van der Waals surface area contributed by atoms with Crippen LogP contribution in [0.3, 0.4) is 0 Å². The van der Waals surface area contributed by atoms with Gasteiger partial charge in [0.1, 0.15) is 5.69 Å². The topological polar surface area (TPSA) is 172 Å². The van der Waals surface area contributed by atoms with E-state index in [4.69, 9.17) is 42.8 Å². The molecule has 1 saturated heterocycles. The summed E-state index contributed by atoms with van der Waals surface area (Å²) in [6, 6.07) is 13.0. The highest BCUT2D eigenvalue weighted by molar-refractivity contribution is 6.39. The van der Waals surface area contributed by atoms with Crippen molar-refractivity contribution in [2.45, 2.75) is 31.8 Å². The van der Waals surface area contributed by atoms with Gasteiger partial charge in [0.2, 0.25) is 18.1 Å². The fourth-order valence-electron chi connectivity index (χ4n) is 6.03. The molecular weight excluding hydrogens is 687 g/mol. The molecule has 5 heterocycles. The second-order valence-corrected chi connectivity index (χ2v) is 12.5. The van der Waals surface area contributed by atoms with Crippen LogP contribution >= 0.6 is 23.2 Å². The third-order valence-electron chi connectivity index (χ3n) is 8.51. The zero-order valence-corrected chi connectivity index (χ0v) is 28.8. The lowest BCUT2D eigenvalue weighted by atomic mass is 10.00. The molecule has 50 heavy (non-hydrogen) atoms.